The minimum absolute atomic E-state index is 0.0384. The van der Waals surface area contributed by atoms with Crippen LogP contribution in [0.25, 0.3) is 0 Å². The van der Waals surface area contributed by atoms with E-state index in [2.05, 4.69) is 19.2 Å². The van der Waals surface area contributed by atoms with E-state index in [0.29, 0.717) is 30.8 Å². The second-order valence-electron chi connectivity index (χ2n) is 7.14. The highest BCUT2D eigenvalue weighted by molar-refractivity contribution is 5.97. The molecule has 1 N–H and O–H groups in total. The van der Waals surface area contributed by atoms with Crippen LogP contribution >= 0.6 is 0 Å². The summed E-state index contributed by atoms with van der Waals surface area (Å²) in [6, 6.07) is 9.76. The highest BCUT2D eigenvalue weighted by Gasteiger charge is 2.41. The summed E-state index contributed by atoms with van der Waals surface area (Å²) in [7, 11) is 0. The monoisotopic (exact) mass is 314 g/mol. The lowest BCUT2D eigenvalue weighted by Gasteiger charge is -2.40. The number of para-hydroxylation sites is 1. The Labute approximate surface area is 138 Å². The first-order chi connectivity index (χ1) is 11.1. The smallest absolute Gasteiger partial charge is 0.229 e. The van der Waals surface area contributed by atoms with E-state index in [1.165, 1.54) is 12.8 Å². The van der Waals surface area contributed by atoms with E-state index >= 15 is 0 Å². The predicted octanol–water partition coefficient (Wildman–Crippen LogP) is 3.30. The van der Waals surface area contributed by atoms with Gasteiger partial charge in [0.1, 0.15) is 0 Å². The van der Waals surface area contributed by atoms with Gasteiger partial charge in [-0.15, -0.1) is 0 Å². The quantitative estimate of drug-likeness (QED) is 0.930. The Morgan fingerprint density at radius 1 is 1.17 bits per heavy atom. The molecule has 1 heterocycles. The van der Waals surface area contributed by atoms with E-state index in [4.69, 9.17) is 0 Å². The fraction of sp³-hybridized carbons (Fsp3) is 0.579. The predicted molar refractivity (Wildman–Crippen MR) is 90.9 cm³/mol. The van der Waals surface area contributed by atoms with Gasteiger partial charge in [-0.3, -0.25) is 9.59 Å². The van der Waals surface area contributed by atoms with Gasteiger partial charge in [-0.25, -0.2) is 0 Å². The number of carbonyl (C=O) groups is 2. The van der Waals surface area contributed by atoms with Crippen molar-refractivity contribution in [2.45, 2.75) is 45.6 Å². The molecule has 124 valence electrons. The zero-order valence-corrected chi connectivity index (χ0v) is 14.0. The van der Waals surface area contributed by atoms with Crippen LogP contribution in [0.2, 0.25) is 0 Å². The minimum atomic E-state index is -0.230. The van der Waals surface area contributed by atoms with Crippen LogP contribution in [0.5, 0.6) is 0 Å². The number of amides is 2. The Morgan fingerprint density at radius 2 is 1.91 bits per heavy atom. The number of nitrogens with zero attached hydrogens (tertiary/aromatic N) is 1. The van der Waals surface area contributed by atoms with Crippen molar-refractivity contribution in [3.63, 3.8) is 0 Å². The number of likely N-dealkylation sites (tertiary alicyclic amines) is 1. The Hall–Kier alpha value is -1.84. The van der Waals surface area contributed by atoms with Crippen molar-refractivity contribution in [1.82, 2.24) is 4.90 Å². The van der Waals surface area contributed by atoms with Gasteiger partial charge in [0.2, 0.25) is 11.8 Å². The molecule has 1 aliphatic carbocycles. The van der Waals surface area contributed by atoms with Crippen LogP contribution in [0.15, 0.2) is 30.3 Å². The van der Waals surface area contributed by atoms with Crippen LogP contribution < -0.4 is 5.32 Å². The molecule has 3 rings (SSSR count). The lowest BCUT2D eigenvalue weighted by molar-refractivity contribution is -0.131. The van der Waals surface area contributed by atoms with E-state index in [9.17, 15) is 9.59 Å². The van der Waals surface area contributed by atoms with Gasteiger partial charge in [0, 0.05) is 24.7 Å². The van der Waals surface area contributed by atoms with Gasteiger partial charge in [-0.1, -0.05) is 44.9 Å². The van der Waals surface area contributed by atoms with Crippen LogP contribution in [0.1, 0.15) is 39.5 Å². The van der Waals surface area contributed by atoms with E-state index in [1.54, 1.807) is 0 Å². The molecule has 1 aromatic carbocycles. The van der Waals surface area contributed by atoms with Crippen LogP contribution in [0.4, 0.5) is 5.69 Å². The molecular weight excluding hydrogens is 288 g/mol. The summed E-state index contributed by atoms with van der Waals surface area (Å²) < 4.78 is 0. The molecule has 2 aliphatic rings. The maximum absolute atomic E-state index is 12.4. The second kappa shape index (κ2) is 6.73. The van der Waals surface area contributed by atoms with Crippen LogP contribution in [0, 0.1) is 17.8 Å². The summed E-state index contributed by atoms with van der Waals surface area (Å²) in [4.78, 5) is 26.9. The van der Waals surface area contributed by atoms with Crippen LogP contribution in [-0.2, 0) is 9.59 Å². The van der Waals surface area contributed by atoms with Crippen molar-refractivity contribution < 1.29 is 9.59 Å². The number of hydrogen-bond donors (Lipinski definition) is 1. The Bertz CT molecular complexity index is 572. The molecule has 2 amide bonds. The first-order valence-corrected chi connectivity index (χ1v) is 8.71. The van der Waals surface area contributed by atoms with Crippen molar-refractivity contribution in [1.29, 1.82) is 0 Å². The van der Waals surface area contributed by atoms with Crippen molar-refractivity contribution in [2.75, 3.05) is 11.9 Å². The van der Waals surface area contributed by atoms with Gasteiger partial charge in [-0.05, 0) is 30.4 Å². The fourth-order valence-corrected chi connectivity index (χ4v) is 3.99. The average molecular weight is 314 g/mol. The Kier molecular flexibility index (Phi) is 4.69. The first kappa shape index (κ1) is 16.0. The van der Waals surface area contributed by atoms with Crippen molar-refractivity contribution >= 4 is 17.5 Å². The molecule has 1 saturated heterocycles. The fourth-order valence-electron chi connectivity index (χ4n) is 3.99. The first-order valence-electron chi connectivity index (χ1n) is 8.71. The largest absolute Gasteiger partial charge is 0.339 e. The van der Waals surface area contributed by atoms with E-state index in [-0.39, 0.29) is 17.7 Å². The highest BCUT2D eigenvalue weighted by atomic mass is 16.2. The number of benzene rings is 1. The Morgan fingerprint density at radius 3 is 2.65 bits per heavy atom. The number of anilines is 1. The molecule has 1 aromatic rings. The summed E-state index contributed by atoms with van der Waals surface area (Å²) in [5.74, 6) is 1.04. The summed E-state index contributed by atoms with van der Waals surface area (Å²) in [5.41, 5.74) is 0.794. The van der Waals surface area contributed by atoms with Crippen molar-refractivity contribution in [3.05, 3.63) is 30.3 Å². The summed E-state index contributed by atoms with van der Waals surface area (Å²) in [6.07, 6.45) is 3.85. The van der Waals surface area contributed by atoms with Crippen LogP contribution in [-0.4, -0.2) is 29.3 Å². The lowest BCUT2D eigenvalue weighted by Crippen LogP contribution is -2.45. The molecule has 23 heavy (non-hydrogen) atoms. The number of nitrogens with one attached hydrogen (secondary N) is 1. The normalized spacial score (nSPS) is 31.2. The molecule has 0 radical (unpaired) electrons. The molecule has 4 atom stereocenters. The molecular formula is C19H26N2O2. The zero-order valence-electron chi connectivity index (χ0n) is 14.0. The molecule has 0 bridgehead atoms. The third-order valence-electron chi connectivity index (χ3n) is 5.63. The molecule has 2 fully saturated rings. The van der Waals surface area contributed by atoms with Gasteiger partial charge in [0.15, 0.2) is 0 Å². The maximum Gasteiger partial charge on any atom is 0.229 e. The summed E-state index contributed by atoms with van der Waals surface area (Å²) >= 11 is 0. The van der Waals surface area contributed by atoms with E-state index < -0.39 is 0 Å². The standard InChI is InChI=1S/C19H26N2O2/c1-13-7-6-10-17(14(13)2)21-12-15(11-18(21)22)19(23)20-16-8-4-3-5-9-16/h3-5,8-9,13-15,17H,6-7,10-12H2,1-2H3,(H,20,23)/t13-,14+,15+,17-/m0/s1. The SMILES string of the molecule is C[C@@H]1[C@@H](C)CCC[C@@H]1N1C[C@H](C(=O)Nc2ccccc2)CC1=O. The minimum Gasteiger partial charge on any atom is -0.339 e. The summed E-state index contributed by atoms with van der Waals surface area (Å²) in [5, 5.41) is 2.93. The molecule has 0 unspecified atom stereocenters. The topological polar surface area (TPSA) is 49.4 Å². The van der Waals surface area contributed by atoms with Gasteiger partial charge in [0.05, 0.1) is 5.92 Å². The molecule has 1 aliphatic heterocycles. The third-order valence-corrected chi connectivity index (χ3v) is 5.63. The van der Waals surface area contributed by atoms with Gasteiger partial charge >= 0.3 is 0 Å². The Balaban J connectivity index is 1.64. The molecule has 4 nitrogen and oxygen atoms in total. The molecule has 1 saturated carbocycles. The number of rotatable bonds is 3. The maximum atomic E-state index is 12.4. The van der Waals surface area contributed by atoms with Gasteiger partial charge in [-0.2, -0.15) is 0 Å². The van der Waals surface area contributed by atoms with Gasteiger partial charge < -0.3 is 10.2 Å². The molecule has 0 aromatic heterocycles. The average Bonchev–Trinajstić information content (AvgIpc) is 2.93. The number of hydrogen-bond acceptors (Lipinski definition) is 2. The summed E-state index contributed by atoms with van der Waals surface area (Å²) in [6.45, 7) is 5.09. The second-order valence-corrected chi connectivity index (χ2v) is 7.14. The third kappa shape index (κ3) is 3.41. The highest BCUT2D eigenvalue weighted by Crippen LogP contribution is 2.35. The lowest BCUT2D eigenvalue weighted by atomic mass is 9.77. The molecule has 4 heteroatoms. The van der Waals surface area contributed by atoms with Crippen LogP contribution in [0.3, 0.4) is 0 Å². The van der Waals surface area contributed by atoms with Crippen molar-refractivity contribution in [3.8, 4) is 0 Å². The molecule has 0 spiro atoms. The number of carbonyl (C=O) groups excluding carboxylic acids is 2. The zero-order chi connectivity index (χ0) is 16.4. The van der Waals surface area contributed by atoms with Crippen molar-refractivity contribution in [2.24, 2.45) is 17.8 Å². The van der Waals surface area contributed by atoms with E-state index in [0.717, 1.165) is 12.1 Å². The van der Waals surface area contributed by atoms with Gasteiger partial charge in [0.25, 0.3) is 0 Å². The van der Waals surface area contributed by atoms with E-state index in [1.807, 2.05) is 35.2 Å².